The molecular formula is C18H21NO4. The van der Waals surface area contributed by atoms with Gasteiger partial charge in [-0.05, 0) is 45.9 Å². The van der Waals surface area contributed by atoms with Crippen LogP contribution in [0.1, 0.15) is 38.8 Å². The van der Waals surface area contributed by atoms with Crippen molar-refractivity contribution in [2.45, 2.75) is 46.3 Å². The normalized spacial score (nSPS) is 16.5. The van der Waals surface area contributed by atoms with Gasteiger partial charge in [-0.1, -0.05) is 0 Å². The minimum Gasteiger partial charge on any atom is -0.493 e. The number of hydrogen-bond donors (Lipinski definition) is 0. The summed E-state index contributed by atoms with van der Waals surface area (Å²) in [7, 11) is 0. The van der Waals surface area contributed by atoms with E-state index in [4.69, 9.17) is 14.2 Å². The van der Waals surface area contributed by atoms with E-state index in [1.54, 1.807) is 13.8 Å². The highest BCUT2D eigenvalue weighted by atomic mass is 16.5. The van der Waals surface area contributed by atoms with Gasteiger partial charge in [0.2, 0.25) is 0 Å². The van der Waals surface area contributed by atoms with Crippen molar-refractivity contribution in [2.75, 3.05) is 6.61 Å². The molecule has 0 amide bonds. The summed E-state index contributed by atoms with van der Waals surface area (Å²) in [6.45, 7) is 7.86. The number of nitrogens with zero attached hydrogens (tertiary/aromatic N) is 1. The van der Waals surface area contributed by atoms with Crippen LogP contribution >= 0.6 is 0 Å². The SMILES string of the molecule is CCOc1cc2c(cc1C=C(C#N)C(=O)OC(C)C)OC(C)C2. The summed E-state index contributed by atoms with van der Waals surface area (Å²) in [6.07, 6.45) is 2.14. The maximum Gasteiger partial charge on any atom is 0.349 e. The Morgan fingerprint density at radius 3 is 2.87 bits per heavy atom. The number of hydrogen-bond acceptors (Lipinski definition) is 5. The number of carbonyl (C=O) groups is 1. The zero-order valence-electron chi connectivity index (χ0n) is 13.9. The van der Waals surface area contributed by atoms with Crippen molar-refractivity contribution in [2.24, 2.45) is 0 Å². The highest BCUT2D eigenvalue weighted by molar-refractivity contribution is 5.98. The molecule has 0 bridgehead atoms. The Labute approximate surface area is 136 Å². The average molecular weight is 315 g/mol. The molecule has 5 nitrogen and oxygen atoms in total. The molecule has 0 fully saturated rings. The van der Waals surface area contributed by atoms with Gasteiger partial charge >= 0.3 is 5.97 Å². The number of fused-ring (bicyclic) bond motifs is 1. The van der Waals surface area contributed by atoms with Gasteiger partial charge in [0.1, 0.15) is 29.2 Å². The molecule has 0 saturated carbocycles. The number of carbonyl (C=O) groups excluding carboxylic acids is 1. The molecule has 1 atom stereocenters. The van der Waals surface area contributed by atoms with Crippen LogP contribution in [-0.4, -0.2) is 24.8 Å². The summed E-state index contributed by atoms with van der Waals surface area (Å²) < 4.78 is 16.5. The molecule has 0 aromatic heterocycles. The molecule has 23 heavy (non-hydrogen) atoms. The number of ether oxygens (including phenoxy) is 3. The molecule has 0 aliphatic carbocycles. The predicted octanol–water partition coefficient (Wildman–Crippen LogP) is 3.27. The third-order valence-corrected chi connectivity index (χ3v) is 3.31. The fourth-order valence-electron chi connectivity index (χ4n) is 2.42. The summed E-state index contributed by atoms with van der Waals surface area (Å²) >= 11 is 0. The van der Waals surface area contributed by atoms with Gasteiger partial charge in [-0.2, -0.15) is 5.26 Å². The lowest BCUT2D eigenvalue weighted by Gasteiger charge is -2.11. The molecule has 1 aromatic carbocycles. The summed E-state index contributed by atoms with van der Waals surface area (Å²) in [4.78, 5) is 12.0. The lowest BCUT2D eigenvalue weighted by molar-refractivity contribution is -0.142. The van der Waals surface area contributed by atoms with Crippen LogP contribution in [-0.2, 0) is 16.0 Å². The molecular weight excluding hydrogens is 294 g/mol. The van der Waals surface area contributed by atoms with Gasteiger partial charge in [-0.25, -0.2) is 4.79 Å². The molecule has 1 aromatic rings. The molecule has 1 unspecified atom stereocenters. The molecule has 0 spiro atoms. The molecule has 1 heterocycles. The summed E-state index contributed by atoms with van der Waals surface area (Å²) in [5.74, 6) is 0.760. The van der Waals surface area contributed by atoms with E-state index in [-0.39, 0.29) is 17.8 Å². The standard InChI is InChI=1S/C18H21NO4/c1-5-21-16-8-13-6-12(4)23-17(13)9-14(16)7-15(10-19)18(20)22-11(2)3/h7-9,11-12H,5-6H2,1-4H3. The number of benzene rings is 1. The Bertz CT molecular complexity index is 670. The lowest BCUT2D eigenvalue weighted by atomic mass is 10.0. The van der Waals surface area contributed by atoms with Crippen molar-refractivity contribution in [3.63, 3.8) is 0 Å². The van der Waals surface area contributed by atoms with E-state index in [9.17, 15) is 10.1 Å². The van der Waals surface area contributed by atoms with Crippen molar-refractivity contribution in [3.8, 4) is 17.6 Å². The molecule has 0 N–H and O–H groups in total. The zero-order chi connectivity index (χ0) is 17.0. The number of esters is 1. The average Bonchev–Trinajstić information content (AvgIpc) is 2.83. The van der Waals surface area contributed by atoms with Crippen molar-refractivity contribution >= 4 is 12.0 Å². The first-order chi connectivity index (χ1) is 10.9. The van der Waals surface area contributed by atoms with Gasteiger partial charge in [0.15, 0.2) is 0 Å². The first-order valence-corrected chi connectivity index (χ1v) is 7.73. The van der Waals surface area contributed by atoms with E-state index in [0.29, 0.717) is 17.9 Å². The zero-order valence-corrected chi connectivity index (χ0v) is 13.9. The van der Waals surface area contributed by atoms with Crippen LogP contribution < -0.4 is 9.47 Å². The molecule has 1 aliphatic heterocycles. The second-order valence-electron chi connectivity index (χ2n) is 5.69. The minimum absolute atomic E-state index is 0.0642. The number of rotatable bonds is 5. The van der Waals surface area contributed by atoms with Crippen LogP contribution in [0.3, 0.4) is 0 Å². The Hall–Kier alpha value is -2.48. The van der Waals surface area contributed by atoms with Gasteiger partial charge < -0.3 is 14.2 Å². The van der Waals surface area contributed by atoms with Crippen LogP contribution in [0.25, 0.3) is 6.08 Å². The first-order valence-electron chi connectivity index (χ1n) is 7.73. The highest BCUT2D eigenvalue weighted by Crippen LogP contribution is 2.36. The van der Waals surface area contributed by atoms with Crippen LogP contribution in [0.4, 0.5) is 0 Å². The van der Waals surface area contributed by atoms with E-state index < -0.39 is 5.97 Å². The fraction of sp³-hybridized carbons (Fsp3) is 0.444. The largest absolute Gasteiger partial charge is 0.493 e. The van der Waals surface area contributed by atoms with Gasteiger partial charge in [0.05, 0.1) is 12.7 Å². The van der Waals surface area contributed by atoms with Crippen molar-refractivity contribution in [1.29, 1.82) is 5.26 Å². The van der Waals surface area contributed by atoms with Crippen molar-refractivity contribution < 1.29 is 19.0 Å². The van der Waals surface area contributed by atoms with Crippen LogP contribution in [0.5, 0.6) is 11.5 Å². The second-order valence-corrected chi connectivity index (χ2v) is 5.69. The summed E-state index contributed by atoms with van der Waals surface area (Å²) in [5, 5.41) is 9.24. The smallest absolute Gasteiger partial charge is 0.349 e. The second kappa shape index (κ2) is 7.19. The Kier molecular flexibility index (Phi) is 5.28. The Morgan fingerprint density at radius 1 is 1.52 bits per heavy atom. The molecule has 122 valence electrons. The van der Waals surface area contributed by atoms with Crippen LogP contribution in [0.15, 0.2) is 17.7 Å². The fourth-order valence-corrected chi connectivity index (χ4v) is 2.42. The predicted molar refractivity (Wildman–Crippen MR) is 86.2 cm³/mol. The van der Waals surface area contributed by atoms with E-state index in [0.717, 1.165) is 17.7 Å². The number of nitriles is 1. The van der Waals surface area contributed by atoms with E-state index in [2.05, 4.69) is 0 Å². The molecule has 0 saturated heterocycles. The summed E-state index contributed by atoms with van der Waals surface area (Å²) in [6, 6.07) is 5.61. The maximum absolute atomic E-state index is 12.0. The Balaban J connectivity index is 2.41. The van der Waals surface area contributed by atoms with Gasteiger partial charge in [0.25, 0.3) is 0 Å². The monoisotopic (exact) mass is 315 g/mol. The van der Waals surface area contributed by atoms with Crippen molar-refractivity contribution in [3.05, 3.63) is 28.8 Å². The highest BCUT2D eigenvalue weighted by Gasteiger charge is 2.22. The van der Waals surface area contributed by atoms with Gasteiger partial charge in [0, 0.05) is 17.5 Å². The van der Waals surface area contributed by atoms with Crippen molar-refractivity contribution in [1.82, 2.24) is 0 Å². The van der Waals surface area contributed by atoms with Crippen LogP contribution in [0, 0.1) is 11.3 Å². The van der Waals surface area contributed by atoms with Gasteiger partial charge in [-0.3, -0.25) is 0 Å². The van der Waals surface area contributed by atoms with E-state index in [1.165, 1.54) is 6.08 Å². The van der Waals surface area contributed by atoms with Gasteiger partial charge in [-0.15, -0.1) is 0 Å². The quantitative estimate of drug-likeness (QED) is 0.474. The lowest BCUT2D eigenvalue weighted by Crippen LogP contribution is -2.12. The third kappa shape index (κ3) is 4.04. The molecule has 1 aliphatic rings. The third-order valence-electron chi connectivity index (χ3n) is 3.31. The molecule has 5 heteroatoms. The summed E-state index contributed by atoms with van der Waals surface area (Å²) in [5.41, 5.74) is 1.64. The Morgan fingerprint density at radius 2 is 2.26 bits per heavy atom. The first kappa shape index (κ1) is 16.9. The van der Waals surface area contributed by atoms with Crippen LogP contribution in [0.2, 0.25) is 0 Å². The minimum atomic E-state index is -0.639. The van der Waals surface area contributed by atoms with E-state index >= 15 is 0 Å². The molecule has 0 radical (unpaired) electrons. The molecule has 2 rings (SSSR count). The van der Waals surface area contributed by atoms with E-state index in [1.807, 2.05) is 32.0 Å². The topological polar surface area (TPSA) is 68.5 Å². The maximum atomic E-state index is 12.0.